The molecule has 0 aliphatic rings. The van der Waals surface area contributed by atoms with Crippen LogP contribution >= 0.6 is 0 Å². The fraction of sp³-hybridized carbons (Fsp3) is 0. The Morgan fingerprint density at radius 1 is 1.35 bits per heavy atom. The van der Waals surface area contributed by atoms with E-state index in [0.717, 1.165) is 6.20 Å². The van der Waals surface area contributed by atoms with Gasteiger partial charge >= 0.3 is 0 Å². The average Bonchev–Trinajstić information content (AvgIpc) is 2.32. The molecule has 0 radical (unpaired) electrons. The van der Waals surface area contributed by atoms with Crippen LogP contribution in [0, 0.1) is 0 Å². The normalized spacial score (nSPS) is 9.88. The van der Waals surface area contributed by atoms with Gasteiger partial charge in [0.1, 0.15) is 5.75 Å². The second-order valence-corrected chi connectivity index (χ2v) is 3.15. The Labute approximate surface area is 95.1 Å². The van der Waals surface area contributed by atoms with Gasteiger partial charge in [-0.3, -0.25) is 14.6 Å². The first-order valence-electron chi connectivity index (χ1n) is 4.67. The van der Waals surface area contributed by atoms with E-state index in [2.05, 4.69) is 20.5 Å². The van der Waals surface area contributed by atoms with Gasteiger partial charge in [-0.05, 0) is 12.1 Å². The minimum Gasteiger partial charge on any atom is -0.505 e. The maximum absolute atomic E-state index is 11.7. The number of aromatic nitrogens is 3. The predicted molar refractivity (Wildman–Crippen MR) is 58.7 cm³/mol. The number of hydrogen-bond acceptors (Lipinski definition) is 5. The van der Waals surface area contributed by atoms with Crippen molar-refractivity contribution in [2.24, 2.45) is 0 Å². The molecule has 0 saturated carbocycles. The third-order valence-electron chi connectivity index (χ3n) is 1.97. The summed E-state index contributed by atoms with van der Waals surface area (Å²) < 4.78 is 0. The number of carbonyl (C=O) groups is 1. The van der Waals surface area contributed by atoms with Gasteiger partial charge in [0.2, 0.25) is 0 Å². The van der Waals surface area contributed by atoms with E-state index >= 15 is 0 Å². The highest BCUT2D eigenvalue weighted by Gasteiger charge is 2.11. The van der Waals surface area contributed by atoms with Crippen LogP contribution in [-0.2, 0) is 0 Å². The number of amides is 1. The molecule has 0 aliphatic carbocycles. The zero-order chi connectivity index (χ0) is 12.3. The number of aromatic amines is 1. The molecular weight excluding hydrogens is 224 g/mol. The minimum absolute atomic E-state index is 0.0769. The summed E-state index contributed by atoms with van der Waals surface area (Å²) in [4.78, 5) is 26.1. The molecule has 2 heterocycles. The quantitative estimate of drug-likeness (QED) is 0.681. The molecule has 7 heteroatoms. The Balaban J connectivity index is 2.20. The standard InChI is InChI=1S/C10H8N4O3/c15-7-5-11-4-3-6(7)10(17)12-8-1-2-9(16)14-13-8/h1-5,15H,(H,14,16)(H,12,13,17). The highest BCUT2D eigenvalue weighted by atomic mass is 16.3. The number of pyridine rings is 1. The van der Waals surface area contributed by atoms with Crippen LogP contribution in [0.2, 0.25) is 0 Å². The van der Waals surface area contributed by atoms with E-state index in [0.29, 0.717) is 0 Å². The first-order chi connectivity index (χ1) is 8.16. The number of nitrogens with one attached hydrogen (secondary N) is 2. The molecule has 3 N–H and O–H groups in total. The summed E-state index contributed by atoms with van der Waals surface area (Å²) >= 11 is 0. The fourth-order valence-corrected chi connectivity index (χ4v) is 1.18. The van der Waals surface area contributed by atoms with Gasteiger partial charge in [0.05, 0.1) is 11.8 Å². The van der Waals surface area contributed by atoms with E-state index in [-0.39, 0.29) is 22.7 Å². The first kappa shape index (κ1) is 10.8. The molecule has 0 aromatic carbocycles. The van der Waals surface area contributed by atoms with E-state index in [1.54, 1.807) is 0 Å². The average molecular weight is 232 g/mol. The van der Waals surface area contributed by atoms with Crippen LogP contribution in [0.3, 0.4) is 0 Å². The van der Waals surface area contributed by atoms with Crippen LogP contribution in [-0.4, -0.2) is 26.2 Å². The molecule has 1 amide bonds. The number of anilines is 1. The number of hydrogen-bond donors (Lipinski definition) is 3. The molecule has 0 aliphatic heterocycles. The number of H-pyrrole nitrogens is 1. The van der Waals surface area contributed by atoms with Gasteiger partial charge in [-0.15, -0.1) is 0 Å². The SMILES string of the molecule is O=C(Nc1ccc(=O)[nH]n1)c1ccncc1O. The van der Waals surface area contributed by atoms with Crippen LogP contribution in [0.15, 0.2) is 35.4 Å². The van der Waals surface area contributed by atoms with Crippen LogP contribution in [0.1, 0.15) is 10.4 Å². The van der Waals surface area contributed by atoms with E-state index in [1.165, 1.54) is 24.4 Å². The molecule has 0 bridgehead atoms. The van der Waals surface area contributed by atoms with Crippen LogP contribution in [0.5, 0.6) is 5.75 Å². The maximum Gasteiger partial charge on any atom is 0.264 e. The third kappa shape index (κ3) is 2.46. The van der Waals surface area contributed by atoms with Gasteiger partial charge in [-0.1, -0.05) is 0 Å². The maximum atomic E-state index is 11.7. The Bertz CT molecular complexity index is 588. The highest BCUT2D eigenvalue weighted by molar-refractivity contribution is 6.05. The van der Waals surface area contributed by atoms with E-state index < -0.39 is 5.91 Å². The van der Waals surface area contributed by atoms with Gasteiger partial charge in [-0.25, -0.2) is 5.10 Å². The lowest BCUT2D eigenvalue weighted by Gasteiger charge is -2.04. The van der Waals surface area contributed by atoms with Crippen molar-refractivity contribution in [1.82, 2.24) is 15.2 Å². The van der Waals surface area contributed by atoms with Crippen molar-refractivity contribution in [3.63, 3.8) is 0 Å². The summed E-state index contributed by atoms with van der Waals surface area (Å²) in [5.41, 5.74) is -0.289. The van der Waals surface area contributed by atoms with Crippen LogP contribution < -0.4 is 10.9 Å². The van der Waals surface area contributed by atoms with Gasteiger partial charge in [0.25, 0.3) is 11.5 Å². The number of aromatic hydroxyl groups is 1. The van der Waals surface area contributed by atoms with Crippen molar-refractivity contribution < 1.29 is 9.90 Å². The molecule has 0 unspecified atom stereocenters. The molecular formula is C10H8N4O3. The smallest absolute Gasteiger partial charge is 0.264 e. The lowest BCUT2D eigenvalue weighted by atomic mass is 10.2. The largest absolute Gasteiger partial charge is 0.505 e. The Hall–Kier alpha value is -2.70. The molecule has 0 fully saturated rings. The van der Waals surface area contributed by atoms with E-state index in [9.17, 15) is 14.7 Å². The molecule has 0 spiro atoms. The summed E-state index contributed by atoms with van der Waals surface area (Å²) in [7, 11) is 0. The van der Waals surface area contributed by atoms with Crippen molar-refractivity contribution in [3.8, 4) is 5.75 Å². The lowest BCUT2D eigenvalue weighted by molar-refractivity contribution is 0.102. The molecule has 17 heavy (non-hydrogen) atoms. The topological polar surface area (TPSA) is 108 Å². The summed E-state index contributed by atoms with van der Waals surface area (Å²) in [5.74, 6) is -0.579. The summed E-state index contributed by atoms with van der Waals surface area (Å²) in [6, 6.07) is 3.96. The zero-order valence-electron chi connectivity index (χ0n) is 8.54. The van der Waals surface area contributed by atoms with Gasteiger partial charge in [0, 0.05) is 12.3 Å². The van der Waals surface area contributed by atoms with Crippen molar-refractivity contribution in [2.75, 3.05) is 5.32 Å². The van der Waals surface area contributed by atoms with Gasteiger partial charge < -0.3 is 10.4 Å². The van der Waals surface area contributed by atoms with Crippen molar-refractivity contribution >= 4 is 11.7 Å². The molecule has 0 saturated heterocycles. The summed E-state index contributed by atoms with van der Waals surface area (Å²) in [6.45, 7) is 0. The third-order valence-corrected chi connectivity index (χ3v) is 1.97. The molecule has 0 atom stereocenters. The Morgan fingerprint density at radius 3 is 2.82 bits per heavy atom. The monoisotopic (exact) mass is 232 g/mol. The molecule has 2 rings (SSSR count). The Kier molecular flexibility index (Phi) is 2.82. The zero-order valence-corrected chi connectivity index (χ0v) is 8.54. The molecule has 2 aromatic heterocycles. The van der Waals surface area contributed by atoms with E-state index in [1.807, 2.05) is 0 Å². The minimum atomic E-state index is -0.538. The predicted octanol–water partition coefficient (Wildman–Crippen LogP) is 0.123. The summed E-state index contributed by atoms with van der Waals surface area (Å²) in [5, 5.41) is 17.6. The lowest BCUT2D eigenvalue weighted by Crippen LogP contribution is -2.15. The first-order valence-corrected chi connectivity index (χ1v) is 4.67. The van der Waals surface area contributed by atoms with E-state index in [4.69, 9.17) is 0 Å². The van der Waals surface area contributed by atoms with Crippen LogP contribution in [0.25, 0.3) is 0 Å². The number of carbonyl (C=O) groups excluding carboxylic acids is 1. The van der Waals surface area contributed by atoms with Gasteiger partial charge in [-0.2, -0.15) is 5.10 Å². The second-order valence-electron chi connectivity index (χ2n) is 3.15. The number of nitrogens with zero attached hydrogens (tertiary/aromatic N) is 2. The second kappa shape index (κ2) is 4.44. The van der Waals surface area contributed by atoms with Crippen LogP contribution in [0.4, 0.5) is 5.82 Å². The fourth-order valence-electron chi connectivity index (χ4n) is 1.18. The van der Waals surface area contributed by atoms with Crippen molar-refractivity contribution in [2.45, 2.75) is 0 Å². The van der Waals surface area contributed by atoms with Gasteiger partial charge in [0.15, 0.2) is 5.82 Å². The highest BCUT2D eigenvalue weighted by Crippen LogP contribution is 2.14. The molecule has 7 nitrogen and oxygen atoms in total. The summed E-state index contributed by atoms with van der Waals surface area (Å²) in [6.07, 6.45) is 2.55. The Morgan fingerprint density at radius 2 is 2.18 bits per heavy atom. The molecule has 2 aromatic rings. The molecule has 86 valence electrons. The van der Waals surface area contributed by atoms with Crippen molar-refractivity contribution in [3.05, 3.63) is 46.5 Å². The van der Waals surface area contributed by atoms with Crippen molar-refractivity contribution in [1.29, 1.82) is 0 Å². The number of rotatable bonds is 2.